The lowest BCUT2D eigenvalue weighted by molar-refractivity contribution is -0.113. The highest BCUT2D eigenvalue weighted by atomic mass is 16.6. The second kappa shape index (κ2) is 8.46. The van der Waals surface area contributed by atoms with Crippen LogP contribution in [-0.2, 0) is 14.4 Å². The standard InChI is InChI=1S/C16H23NO3/c1-12(18)8-4-6-10-15-14(3)17-20-16(15)11-7-5-9-13(2)19/h4-5,8-9,15-16H,6-7,10-11H2,1-3H3/b8-4+,9-5+/t15-,16-/m1/s1. The van der Waals surface area contributed by atoms with E-state index in [1.165, 1.54) is 0 Å². The van der Waals surface area contributed by atoms with Gasteiger partial charge in [-0.1, -0.05) is 17.3 Å². The van der Waals surface area contributed by atoms with Crippen LogP contribution in [0.15, 0.2) is 29.5 Å². The molecule has 0 aromatic heterocycles. The molecule has 0 fully saturated rings. The molecule has 0 spiro atoms. The number of carbonyl (C=O) groups excluding carboxylic acids is 2. The molecule has 0 radical (unpaired) electrons. The molecule has 2 atom stereocenters. The number of allylic oxidation sites excluding steroid dienone is 4. The molecule has 0 saturated heterocycles. The van der Waals surface area contributed by atoms with Crippen molar-refractivity contribution >= 4 is 17.3 Å². The fourth-order valence-corrected chi connectivity index (χ4v) is 2.24. The highest BCUT2D eigenvalue weighted by molar-refractivity contribution is 5.87. The summed E-state index contributed by atoms with van der Waals surface area (Å²) in [5, 5.41) is 4.06. The van der Waals surface area contributed by atoms with Crippen molar-refractivity contribution in [3.63, 3.8) is 0 Å². The second-order valence-electron chi connectivity index (χ2n) is 5.16. The summed E-state index contributed by atoms with van der Waals surface area (Å²) < 4.78 is 0. The third-order valence-corrected chi connectivity index (χ3v) is 3.28. The van der Waals surface area contributed by atoms with E-state index in [9.17, 15) is 9.59 Å². The van der Waals surface area contributed by atoms with E-state index >= 15 is 0 Å². The Kier molecular flexibility index (Phi) is 6.91. The van der Waals surface area contributed by atoms with E-state index in [0.717, 1.165) is 31.4 Å². The van der Waals surface area contributed by atoms with Gasteiger partial charge < -0.3 is 4.84 Å². The molecule has 20 heavy (non-hydrogen) atoms. The first-order valence-corrected chi connectivity index (χ1v) is 7.05. The van der Waals surface area contributed by atoms with Crippen molar-refractivity contribution in [2.24, 2.45) is 11.1 Å². The zero-order valence-corrected chi connectivity index (χ0v) is 12.5. The van der Waals surface area contributed by atoms with E-state index in [1.54, 1.807) is 26.0 Å². The van der Waals surface area contributed by atoms with Crippen molar-refractivity contribution in [3.8, 4) is 0 Å². The molecular formula is C16H23NO3. The fourth-order valence-electron chi connectivity index (χ4n) is 2.24. The first kappa shape index (κ1) is 16.3. The number of hydrogen-bond acceptors (Lipinski definition) is 4. The van der Waals surface area contributed by atoms with Gasteiger partial charge in [-0.05, 0) is 58.6 Å². The van der Waals surface area contributed by atoms with Crippen molar-refractivity contribution in [2.45, 2.75) is 52.6 Å². The molecule has 0 N–H and O–H groups in total. The van der Waals surface area contributed by atoms with Crippen LogP contribution < -0.4 is 0 Å². The van der Waals surface area contributed by atoms with Gasteiger partial charge in [-0.2, -0.15) is 0 Å². The highest BCUT2D eigenvalue weighted by Gasteiger charge is 2.30. The van der Waals surface area contributed by atoms with Gasteiger partial charge in [-0.3, -0.25) is 9.59 Å². The lowest BCUT2D eigenvalue weighted by Crippen LogP contribution is -2.21. The summed E-state index contributed by atoms with van der Waals surface area (Å²) in [4.78, 5) is 27.1. The maximum absolute atomic E-state index is 10.8. The Morgan fingerprint density at radius 2 is 1.65 bits per heavy atom. The van der Waals surface area contributed by atoms with Gasteiger partial charge in [-0.15, -0.1) is 0 Å². The first-order chi connectivity index (χ1) is 9.50. The first-order valence-electron chi connectivity index (χ1n) is 7.05. The topological polar surface area (TPSA) is 55.7 Å². The second-order valence-corrected chi connectivity index (χ2v) is 5.16. The zero-order chi connectivity index (χ0) is 15.0. The summed E-state index contributed by atoms with van der Waals surface area (Å²) in [6, 6.07) is 0. The summed E-state index contributed by atoms with van der Waals surface area (Å²) in [7, 11) is 0. The monoisotopic (exact) mass is 277 g/mol. The largest absolute Gasteiger partial charge is 0.392 e. The predicted molar refractivity (Wildman–Crippen MR) is 79.6 cm³/mol. The van der Waals surface area contributed by atoms with Crippen LogP contribution in [0.5, 0.6) is 0 Å². The molecule has 0 saturated carbocycles. The Hall–Kier alpha value is -1.71. The van der Waals surface area contributed by atoms with Crippen LogP contribution >= 0.6 is 0 Å². The molecule has 1 aliphatic heterocycles. The normalized spacial score (nSPS) is 22.2. The molecule has 110 valence electrons. The Labute approximate surface area is 120 Å². The summed E-state index contributed by atoms with van der Waals surface area (Å²) >= 11 is 0. The van der Waals surface area contributed by atoms with Crippen LogP contribution in [0, 0.1) is 5.92 Å². The van der Waals surface area contributed by atoms with E-state index < -0.39 is 0 Å². The van der Waals surface area contributed by atoms with Crippen LogP contribution in [0.4, 0.5) is 0 Å². The van der Waals surface area contributed by atoms with Crippen LogP contribution in [0.2, 0.25) is 0 Å². The van der Waals surface area contributed by atoms with Gasteiger partial charge in [-0.25, -0.2) is 0 Å². The third kappa shape index (κ3) is 5.95. The number of oxime groups is 1. The maximum atomic E-state index is 10.8. The molecule has 1 aliphatic rings. The average Bonchev–Trinajstić information content (AvgIpc) is 2.71. The lowest BCUT2D eigenvalue weighted by atomic mass is 9.90. The number of rotatable bonds is 8. The van der Waals surface area contributed by atoms with E-state index in [4.69, 9.17) is 4.84 Å². The predicted octanol–water partition coefficient (Wildman–Crippen LogP) is 3.23. The molecule has 0 aromatic carbocycles. The smallest absolute Gasteiger partial charge is 0.152 e. The van der Waals surface area contributed by atoms with Crippen molar-refractivity contribution in [3.05, 3.63) is 24.3 Å². The van der Waals surface area contributed by atoms with Crippen LogP contribution in [0.25, 0.3) is 0 Å². The number of ketones is 2. The van der Waals surface area contributed by atoms with Crippen molar-refractivity contribution in [2.75, 3.05) is 0 Å². The molecule has 1 heterocycles. The number of carbonyl (C=O) groups is 2. The van der Waals surface area contributed by atoms with E-state index in [1.807, 2.05) is 19.1 Å². The molecular weight excluding hydrogens is 254 g/mol. The molecule has 4 nitrogen and oxygen atoms in total. The van der Waals surface area contributed by atoms with E-state index in [-0.39, 0.29) is 17.7 Å². The maximum Gasteiger partial charge on any atom is 0.152 e. The van der Waals surface area contributed by atoms with Gasteiger partial charge in [0.1, 0.15) is 6.10 Å². The quantitative estimate of drug-likeness (QED) is 0.640. The van der Waals surface area contributed by atoms with Crippen molar-refractivity contribution in [1.29, 1.82) is 0 Å². The fraction of sp³-hybridized carbons (Fsp3) is 0.562. The number of nitrogens with zero attached hydrogens (tertiary/aromatic N) is 1. The van der Waals surface area contributed by atoms with Gasteiger partial charge in [0.2, 0.25) is 0 Å². The van der Waals surface area contributed by atoms with Crippen LogP contribution in [-0.4, -0.2) is 23.4 Å². The van der Waals surface area contributed by atoms with E-state index in [2.05, 4.69) is 5.16 Å². The Balaban J connectivity index is 2.39. The molecule has 0 aliphatic carbocycles. The van der Waals surface area contributed by atoms with Crippen LogP contribution in [0.3, 0.4) is 0 Å². The Morgan fingerprint density at radius 3 is 2.20 bits per heavy atom. The highest BCUT2D eigenvalue weighted by Crippen LogP contribution is 2.26. The average molecular weight is 277 g/mol. The summed E-state index contributed by atoms with van der Waals surface area (Å²) in [6.07, 6.45) is 10.5. The van der Waals surface area contributed by atoms with Crippen LogP contribution in [0.1, 0.15) is 46.5 Å². The lowest BCUT2D eigenvalue weighted by Gasteiger charge is -2.16. The molecule has 0 unspecified atom stereocenters. The summed E-state index contributed by atoms with van der Waals surface area (Å²) in [5.74, 6) is 0.442. The molecule has 0 amide bonds. The minimum absolute atomic E-state index is 0.0655. The van der Waals surface area contributed by atoms with Gasteiger partial charge in [0.25, 0.3) is 0 Å². The number of hydrogen-bond donors (Lipinski definition) is 0. The molecule has 4 heteroatoms. The molecule has 0 aromatic rings. The van der Waals surface area contributed by atoms with Crippen molar-refractivity contribution in [1.82, 2.24) is 0 Å². The van der Waals surface area contributed by atoms with Crippen molar-refractivity contribution < 1.29 is 14.4 Å². The summed E-state index contributed by atoms with van der Waals surface area (Å²) in [5.41, 5.74) is 1.02. The molecule has 0 bridgehead atoms. The minimum Gasteiger partial charge on any atom is -0.392 e. The zero-order valence-electron chi connectivity index (χ0n) is 12.5. The summed E-state index contributed by atoms with van der Waals surface area (Å²) in [6.45, 7) is 5.07. The Morgan fingerprint density at radius 1 is 1.10 bits per heavy atom. The van der Waals surface area contributed by atoms with Gasteiger partial charge in [0.05, 0.1) is 5.71 Å². The van der Waals surface area contributed by atoms with Gasteiger partial charge >= 0.3 is 0 Å². The Bertz CT molecular complexity index is 435. The van der Waals surface area contributed by atoms with E-state index in [0.29, 0.717) is 5.92 Å². The third-order valence-electron chi connectivity index (χ3n) is 3.28. The molecule has 1 rings (SSSR count). The SMILES string of the molecule is CC(=O)/C=C/CC[C@@H]1C(C)=NO[C@@H]1CC/C=C/C(C)=O. The van der Waals surface area contributed by atoms with Gasteiger partial charge in [0.15, 0.2) is 11.6 Å². The van der Waals surface area contributed by atoms with Gasteiger partial charge in [0, 0.05) is 5.92 Å². The minimum atomic E-state index is 0.0655.